The van der Waals surface area contributed by atoms with Gasteiger partial charge in [0, 0.05) is 26.7 Å². The van der Waals surface area contributed by atoms with Gasteiger partial charge in [0.1, 0.15) is 5.82 Å². The minimum absolute atomic E-state index is 0.00748. The molecule has 0 aliphatic rings. The summed E-state index contributed by atoms with van der Waals surface area (Å²) in [6.07, 6.45) is -4.60. The molecule has 1 atom stereocenters. The molecule has 1 aromatic heterocycles. The third kappa shape index (κ3) is 4.22. The average molecular weight is 311 g/mol. The number of rotatable bonds is 4. The number of hydrogen-bond donors (Lipinski definition) is 1. The van der Waals surface area contributed by atoms with Crippen LogP contribution in [-0.4, -0.2) is 36.5 Å². The van der Waals surface area contributed by atoms with E-state index in [4.69, 9.17) is 11.6 Å². The van der Waals surface area contributed by atoms with Crippen molar-refractivity contribution in [3.63, 3.8) is 0 Å². The van der Waals surface area contributed by atoms with Crippen LogP contribution in [0.5, 0.6) is 0 Å². The SMILES string of the molecule is CNC(=O)C(C)CN(C)c1cc(C(F)(F)F)nc(Cl)n1. The smallest absolute Gasteiger partial charge is 0.359 e. The molecule has 0 aliphatic carbocycles. The van der Waals surface area contributed by atoms with Gasteiger partial charge in [0.05, 0.1) is 5.92 Å². The van der Waals surface area contributed by atoms with Gasteiger partial charge in [-0.15, -0.1) is 0 Å². The fourth-order valence-corrected chi connectivity index (χ4v) is 1.76. The van der Waals surface area contributed by atoms with Crippen molar-refractivity contribution in [1.29, 1.82) is 0 Å². The quantitative estimate of drug-likeness (QED) is 0.864. The van der Waals surface area contributed by atoms with E-state index in [2.05, 4.69) is 15.3 Å². The van der Waals surface area contributed by atoms with Gasteiger partial charge in [-0.2, -0.15) is 13.2 Å². The van der Waals surface area contributed by atoms with Crippen LogP contribution >= 0.6 is 11.6 Å². The molecule has 5 nitrogen and oxygen atoms in total. The largest absolute Gasteiger partial charge is 0.433 e. The summed E-state index contributed by atoms with van der Waals surface area (Å²) in [4.78, 5) is 19.7. The zero-order valence-electron chi connectivity index (χ0n) is 11.1. The average Bonchev–Trinajstić information content (AvgIpc) is 2.35. The second-order valence-corrected chi connectivity index (χ2v) is 4.61. The molecule has 0 saturated heterocycles. The molecule has 9 heteroatoms. The lowest BCUT2D eigenvalue weighted by atomic mass is 10.1. The summed E-state index contributed by atoms with van der Waals surface area (Å²) >= 11 is 5.50. The first-order valence-corrected chi connectivity index (χ1v) is 6.07. The van der Waals surface area contributed by atoms with Gasteiger partial charge in [-0.25, -0.2) is 9.97 Å². The van der Waals surface area contributed by atoms with Crippen molar-refractivity contribution in [2.24, 2.45) is 5.92 Å². The number of alkyl halides is 3. The Morgan fingerprint density at radius 3 is 2.60 bits per heavy atom. The molecule has 1 rings (SSSR count). The predicted octanol–water partition coefficient (Wildman–Crippen LogP) is 1.97. The van der Waals surface area contributed by atoms with E-state index in [1.165, 1.54) is 19.0 Å². The van der Waals surface area contributed by atoms with Crippen LogP contribution in [0.2, 0.25) is 5.28 Å². The van der Waals surface area contributed by atoms with Crippen molar-refractivity contribution in [2.45, 2.75) is 13.1 Å². The number of nitrogens with zero attached hydrogens (tertiary/aromatic N) is 3. The number of anilines is 1. The molecule has 0 aliphatic heterocycles. The molecule has 1 N–H and O–H groups in total. The Morgan fingerprint density at radius 1 is 1.50 bits per heavy atom. The third-order valence-electron chi connectivity index (χ3n) is 2.61. The second-order valence-electron chi connectivity index (χ2n) is 4.27. The van der Waals surface area contributed by atoms with Crippen molar-refractivity contribution >= 4 is 23.3 Å². The van der Waals surface area contributed by atoms with E-state index in [0.29, 0.717) is 0 Å². The minimum atomic E-state index is -4.60. The molecule has 0 radical (unpaired) electrons. The topological polar surface area (TPSA) is 58.1 Å². The third-order valence-corrected chi connectivity index (χ3v) is 2.78. The van der Waals surface area contributed by atoms with Crippen LogP contribution in [0.25, 0.3) is 0 Å². The highest BCUT2D eigenvalue weighted by Gasteiger charge is 2.34. The molecule has 0 spiro atoms. The molecule has 1 aromatic rings. The fourth-order valence-electron chi connectivity index (χ4n) is 1.58. The van der Waals surface area contributed by atoms with Crippen LogP contribution in [0.1, 0.15) is 12.6 Å². The van der Waals surface area contributed by atoms with Crippen LogP contribution in [0.3, 0.4) is 0 Å². The van der Waals surface area contributed by atoms with Gasteiger partial charge < -0.3 is 10.2 Å². The lowest BCUT2D eigenvalue weighted by molar-refractivity contribution is -0.141. The molecular weight excluding hydrogens is 297 g/mol. The maximum atomic E-state index is 12.6. The van der Waals surface area contributed by atoms with Crippen molar-refractivity contribution < 1.29 is 18.0 Å². The first kappa shape index (κ1) is 16.5. The molecule has 1 heterocycles. The molecule has 1 amide bonds. The van der Waals surface area contributed by atoms with Gasteiger partial charge in [-0.1, -0.05) is 6.92 Å². The molecule has 0 saturated carbocycles. The molecule has 20 heavy (non-hydrogen) atoms. The molecule has 1 unspecified atom stereocenters. The molecule has 112 valence electrons. The van der Waals surface area contributed by atoms with E-state index in [0.717, 1.165) is 6.07 Å². The Bertz CT molecular complexity index is 495. The Kier molecular flexibility index (Phi) is 5.15. The number of carbonyl (C=O) groups excluding carboxylic acids is 1. The summed E-state index contributed by atoms with van der Waals surface area (Å²) < 4.78 is 37.9. The lowest BCUT2D eigenvalue weighted by Crippen LogP contribution is -2.34. The van der Waals surface area contributed by atoms with Crippen molar-refractivity contribution in [1.82, 2.24) is 15.3 Å². The molecular formula is C11H14ClF3N4O. The predicted molar refractivity (Wildman–Crippen MR) is 68.5 cm³/mol. The summed E-state index contributed by atoms with van der Waals surface area (Å²) in [5.74, 6) is -0.616. The Morgan fingerprint density at radius 2 is 2.10 bits per heavy atom. The van der Waals surface area contributed by atoms with E-state index in [1.807, 2.05) is 0 Å². The molecule has 0 bridgehead atoms. The highest BCUT2D eigenvalue weighted by molar-refractivity contribution is 6.28. The zero-order valence-corrected chi connectivity index (χ0v) is 11.9. The van der Waals surface area contributed by atoms with Crippen LogP contribution in [0.15, 0.2) is 6.07 Å². The normalized spacial score (nSPS) is 12.9. The number of amides is 1. The van der Waals surface area contributed by atoms with Gasteiger partial charge in [0.15, 0.2) is 5.69 Å². The van der Waals surface area contributed by atoms with E-state index >= 15 is 0 Å². The first-order valence-electron chi connectivity index (χ1n) is 5.69. The van der Waals surface area contributed by atoms with Crippen LogP contribution in [0.4, 0.5) is 19.0 Å². The summed E-state index contributed by atoms with van der Waals surface area (Å²) in [7, 11) is 3.01. The standard InChI is InChI=1S/C11H14ClF3N4O/c1-6(9(20)16-2)5-19(3)8-4-7(11(13,14)15)17-10(12)18-8/h4,6H,5H2,1-3H3,(H,16,20). The van der Waals surface area contributed by atoms with Crippen LogP contribution in [0, 0.1) is 5.92 Å². The number of carbonyl (C=O) groups is 1. The number of aromatic nitrogens is 2. The summed E-state index contributed by atoms with van der Waals surface area (Å²) in [5, 5.41) is 1.97. The van der Waals surface area contributed by atoms with Gasteiger partial charge in [0.2, 0.25) is 11.2 Å². The monoisotopic (exact) mass is 310 g/mol. The second kappa shape index (κ2) is 6.25. The Labute approximate surface area is 119 Å². The van der Waals surface area contributed by atoms with Gasteiger partial charge in [-0.3, -0.25) is 4.79 Å². The maximum Gasteiger partial charge on any atom is 0.433 e. The van der Waals surface area contributed by atoms with E-state index in [-0.39, 0.29) is 18.3 Å². The van der Waals surface area contributed by atoms with Gasteiger partial charge in [0.25, 0.3) is 0 Å². The van der Waals surface area contributed by atoms with Gasteiger partial charge >= 0.3 is 6.18 Å². The Hall–Kier alpha value is -1.57. The highest BCUT2D eigenvalue weighted by atomic mass is 35.5. The van der Waals surface area contributed by atoms with Crippen LogP contribution in [-0.2, 0) is 11.0 Å². The summed E-state index contributed by atoms with van der Waals surface area (Å²) in [5.41, 5.74) is -1.12. The van der Waals surface area contributed by atoms with Crippen LogP contribution < -0.4 is 10.2 Å². The molecule has 0 aromatic carbocycles. The van der Waals surface area contributed by atoms with Crippen molar-refractivity contribution in [3.8, 4) is 0 Å². The first-order chi connectivity index (χ1) is 9.15. The van der Waals surface area contributed by atoms with Crippen molar-refractivity contribution in [3.05, 3.63) is 17.0 Å². The van der Waals surface area contributed by atoms with Gasteiger partial charge in [-0.05, 0) is 11.6 Å². The minimum Gasteiger partial charge on any atom is -0.359 e. The molecule has 0 fully saturated rings. The number of hydrogen-bond acceptors (Lipinski definition) is 4. The highest BCUT2D eigenvalue weighted by Crippen LogP contribution is 2.30. The summed E-state index contributed by atoms with van der Waals surface area (Å²) in [6.45, 7) is 1.85. The van der Waals surface area contributed by atoms with E-state index < -0.39 is 23.1 Å². The number of nitrogens with one attached hydrogen (secondary N) is 1. The Balaban J connectivity index is 2.96. The van der Waals surface area contributed by atoms with E-state index in [1.54, 1.807) is 6.92 Å². The lowest BCUT2D eigenvalue weighted by Gasteiger charge is -2.22. The fraction of sp³-hybridized carbons (Fsp3) is 0.545. The van der Waals surface area contributed by atoms with Crippen molar-refractivity contribution in [2.75, 3.05) is 25.5 Å². The number of halogens is 4. The zero-order chi connectivity index (χ0) is 15.5. The summed E-state index contributed by atoms with van der Waals surface area (Å²) in [6, 6.07) is 0.794. The maximum absolute atomic E-state index is 12.6. The van der Waals surface area contributed by atoms with E-state index in [9.17, 15) is 18.0 Å².